The fourth-order valence-corrected chi connectivity index (χ4v) is 7.56. The molecule has 0 spiro atoms. The van der Waals surface area contributed by atoms with Crippen LogP contribution in [0, 0.1) is 28.6 Å². The smallest absolute Gasteiger partial charge is 0.190 e. The summed E-state index contributed by atoms with van der Waals surface area (Å²) < 4.78 is 0. The number of hydrogen-bond donors (Lipinski definition) is 3. The highest BCUT2D eigenvalue weighted by molar-refractivity contribution is 6.28. The number of carbonyl (C=O) groups is 3. The van der Waals surface area contributed by atoms with Gasteiger partial charge in [-0.1, -0.05) is 26.8 Å². The summed E-state index contributed by atoms with van der Waals surface area (Å²) in [6.07, 6.45) is 3.74. The van der Waals surface area contributed by atoms with Crippen molar-refractivity contribution in [1.29, 1.82) is 0 Å². The summed E-state index contributed by atoms with van der Waals surface area (Å²) in [4.78, 5) is 36.3. The summed E-state index contributed by atoms with van der Waals surface area (Å²) >= 11 is 7.22. The predicted octanol–water partition coefficient (Wildman–Crippen LogP) is 1.34. The van der Waals surface area contributed by atoms with Crippen molar-refractivity contribution in [1.82, 2.24) is 0 Å². The number of aliphatic hydroxyl groups excluding tert-OH is 2. The maximum absolute atomic E-state index is 13.0. The van der Waals surface area contributed by atoms with Gasteiger partial charge in [0.15, 0.2) is 17.3 Å². The van der Waals surface area contributed by atoms with Gasteiger partial charge in [-0.25, -0.2) is 0 Å². The molecule has 4 rings (SSSR count). The van der Waals surface area contributed by atoms with E-state index < -0.39 is 51.6 Å². The SMILES string of the molecule is C[C@H]1C[C@H]2[C@@H]3CC(=O)C4=CC(=O)C=C[C@]4(C)[C@@]3(Cl)[C@@H](O)C[C@]2(C)[C@@]1(O)C(=O)CO. The van der Waals surface area contributed by atoms with Crippen molar-refractivity contribution in [3.63, 3.8) is 0 Å². The monoisotopic (exact) mass is 422 g/mol. The van der Waals surface area contributed by atoms with Crippen molar-refractivity contribution < 1.29 is 29.7 Å². The fourth-order valence-electron chi connectivity index (χ4n) is 7.09. The minimum absolute atomic E-state index is 0.0411. The van der Waals surface area contributed by atoms with Crippen LogP contribution in [0.15, 0.2) is 23.8 Å². The predicted molar refractivity (Wildman–Crippen MR) is 105 cm³/mol. The van der Waals surface area contributed by atoms with Gasteiger partial charge in [0.1, 0.15) is 12.2 Å². The average Bonchev–Trinajstić information content (AvgIpc) is 2.86. The van der Waals surface area contributed by atoms with E-state index in [4.69, 9.17) is 11.6 Å². The highest BCUT2D eigenvalue weighted by Crippen LogP contribution is 2.70. The molecule has 0 saturated heterocycles. The second-order valence-electron chi connectivity index (χ2n) is 9.73. The quantitative estimate of drug-likeness (QED) is 0.579. The van der Waals surface area contributed by atoms with Gasteiger partial charge in [-0.3, -0.25) is 14.4 Å². The average molecular weight is 423 g/mol. The van der Waals surface area contributed by atoms with Crippen LogP contribution >= 0.6 is 11.6 Å². The number of Topliss-reactive ketones (excluding diaryl/α,β-unsaturated/α-hetero) is 2. The zero-order valence-electron chi connectivity index (χ0n) is 16.8. The Bertz CT molecular complexity index is 879. The molecule has 0 heterocycles. The van der Waals surface area contributed by atoms with Gasteiger partial charge >= 0.3 is 0 Å². The molecule has 3 saturated carbocycles. The van der Waals surface area contributed by atoms with Crippen LogP contribution in [0.2, 0.25) is 0 Å². The molecule has 8 atom stereocenters. The van der Waals surface area contributed by atoms with E-state index >= 15 is 0 Å². The first-order valence-corrected chi connectivity index (χ1v) is 10.5. The highest BCUT2D eigenvalue weighted by atomic mass is 35.5. The largest absolute Gasteiger partial charge is 0.391 e. The maximum Gasteiger partial charge on any atom is 0.190 e. The van der Waals surface area contributed by atoms with Crippen molar-refractivity contribution in [2.24, 2.45) is 28.6 Å². The highest BCUT2D eigenvalue weighted by Gasteiger charge is 2.75. The number of alkyl halides is 1. The Hall–Kier alpha value is -1.34. The molecule has 6 nitrogen and oxygen atoms in total. The molecule has 4 aliphatic carbocycles. The van der Waals surface area contributed by atoms with Gasteiger partial charge in [0, 0.05) is 22.8 Å². The van der Waals surface area contributed by atoms with Crippen molar-refractivity contribution in [3.8, 4) is 0 Å². The number of carbonyl (C=O) groups excluding carboxylic acids is 3. The van der Waals surface area contributed by atoms with Crippen LogP contribution in [0.3, 0.4) is 0 Å². The number of halogens is 1. The Balaban J connectivity index is 1.88. The van der Waals surface area contributed by atoms with Gasteiger partial charge in [0.2, 0.25) is 0 Å². The summed E-state index contributed by atoms with van der Waals surface area (Å²) in [7, 11) is 0. The topological polar surface area (TPSA) is 112 Å². The second-order valence-corrected chi connectivity index (χ2v) is 10.4. The fraction of sp³-hybridized carbons (Fsp3) is 0.682. The van der Waals surface area contributed by atoms with Crippen LogP contribution in [-0.2, 0) is 14.4 Å². The van der Waals surface area contributed by atoms with Gasteiger partial charge in [0.25, 0.3) is 0 Å². The number of fused-ring (bicyclic) bond motifs is 5. The van der Waals surface area contributed by atoms with E-state index in [-0.39, 0.29) is 30.3 Å². The maximum atomic E-state index is 13.0. The number of hydrogen-bond acceptors (Lipinski definition) is 6. The van der Waals surface area contributed by atoms with Crippen LogP contribution in [0.5, 0.6) is 0 Å². The zero-order valence-corrected chi connectivity index (χ0v) is 17.6. The van der Waals surface area contributed by atoms with Crippen LogP contribution in [0.4, 0.5) is 0 Å². The summed E-state index contributed by atoms with van der Waals surface area (Å²) in [6.45, 7) is 4.50. The van der Waals surface area contributed by atoms with Gasteiger partial charge in [-0.15, -0.1) is 11.6 Å². The first-order valence-electron chi connectivity index (χ1n) is 10.1. The van der Waals surface area contributed by atoms with Gasteiger partial charge < -0.3 is 15.3 Å². The van der Waals surface area contributed by atoms with E-state index in [0.717, 1.165) is 0 Å². The first kappa shape index (κ1) is 20.9. The van der Waals surface area contributed by atoms with Gasteiger partial charge in [-0.05, 0) is 42.7 Å². The summed E-state index contributed by atoms with van der Waals surface area (Å²) in [5.41, 5.74) is -3.55. The van der Waals surface area contributed by atoms with E-state index in [1.807, 2.05) is 0 Å². The normalized spacial score (nSPS) is 51.2. The van der Waals surface area contributed by atoms with Crippen LogP contribution in [0.25, 0.3) is 0 Å². The molecule has 0 bridgehead atoms. The molecule has 0 aromatic carbocycles. The van der Waals surface area contributed by atoms with Crippen LogP contribution < -0.4 is 0 Å². The molecule has 3 N–H and O–H groups in total. The molecule has 0 aromatic heterocycles. The number of allylic oxidation sites excluding steroid dienone is 4. The Morgan fingerprint density at radius 1 is 1.28 bits per heavy atom. The summed E-state index contributed by atoms with van der Waals surface area (Å²) in [6, 6.07) is 0. The van der Waals surface area contributed by atoms with Crippen LogP contribution in [0.1, 0.15) is 40.0 Å². The minimum atomic E-state index is -1.80. The van der Waals surface area contributed by atoms with Crippen molar-refractivity contribution in [2.45, 2.75) is 56.6 Å². The molecule has 0 aliphatic heterocycles. The molecule has 0 radical (unpaired) electrons. The third-order valence-corrected chi connectivity index (χ3v) is 9.56. The van der Waals surface area contributed by atoms with E-state index in [0.29, 0.717) is 12.0 Å². The minimum Gasteiger partial charge on any atom is -0.391 e. The molecule has 0 aromatic rings. The Labute approximate surface area is 174 Å². The standard InChI is InChI=1S/C22H27ClO6/c1-11-6-13-14-8-16(26)15-7-12(25)4-5-19(15,2)21(14,23)17(27)9-20(13,3)22(11,29)18(28)10-24/h4-5,7,11,13-14,17,24,27,29H,6,8-10H2,1-3H3/t11-,13-,14-,17-,19-,20-,21-,22-/m0/s1. The first-order chi connectivity index (χ1) is 13.4. The number of rotatable bonds is 2. The van der Waals surface area contributed by atoms with Crippen molar-refractivity contribution in [2.75, 3.05) is 6.61 Å². The number of aliphatic hydroxyl groups is 3. The number of ketones is 3. The van der Waals surface area contributed by atoms with E-state index in [1.54, 1.807) is 26.8 Å². The van der Waals surface area contributed by atoms with Crippen molar-refractivity contribution in [3.05, 3.63) is 23.8 Å². The van der Waals surface area contributed by atoms with Crippen molar-refractivity contribution >= 4 is 29.0 Å². The van der Waals surface area contributed by atoms with E-state index in [9.17, 15) is 29.7 Å². The zero-order chi connectivity index (χ0) is 21.6. The third kappa shape index (κ3) is 2.21. The Morgan fingerprint density at radius 3 is 2.55 bits per heavy atom. The Morgan fingerprint density at radius 2 is 1.93 bits per heavy atom. The Kier molecular flexibility index (Phi) is 4.40. The molecular formula is C22H27ClO6. The van der Waals surface area contributed by atoms with E-state index in [2.05, 4.69) is 0 Å². The van der Waals surface area contributed by atoms with E-state index in [1.165, 1.54) is 12.2 Å². The van der Waals surface area contributed by atoms with Gasteiger partial charge in [0.05, 0.1) is 11.0 Å². The lowest BCUT2D eigenvalue weighted by atomic mass is 9.45. The molecule has 158 valence electrons. The summed E-state index contributed by atoms with van der Waals surface area (Å²) in [5.74, 6) is -2.38. The lowest BCUT2D eigenvalue weighted by Gasteiger charge is -2.63. The third-order valence-electron chi connectivity index (χ3n) is 8.63. The van der Waals surface area contributed by atoms with Crippen LogP contribution in [-0.4, -0.2) is 55.9 Å². The molecule has 0 amide bonds. The summed E-state index contributed by atoms with van der Waals surface area (Å²) in [5, 5.41) is 32.3. The lowest BCUT2D eigenvalue weighted by Crippen LogP contribution is -2.70. The molecule has 0 unspecified atom stereocenters. The molecular weight excluding hydrogens is 396 g/mol. The van der Waals surface area contributed by atoms with Gasteiger partial charge in [-0.2, -0.15) is 0 Å². The molecule has 29 heavy (non-hydrogen) atoms. The molecule has 7 heteroatoms. The lowest BCUT2D eigenvalue weighted by molar-refractivity contribution is -0.180. The molecule has 4 aliphatic rings. The second kappa shape index (κ2) is 6.10. The molecule has 3 fully saturated rings.